The molecule has 0 unspecified atom stereocenters. The monoisotopic (exact) mass is 602 g/mol. The second-order valence-electron chi connectivity index (χ2n) is 6.26. The number of halogens is 2. The van der Waals surface area contributed by atoms with Crippen LogP contribution in [0.15, 0.2) is 60.7 Å². The van der Waals surface area contributed by atoms with E-state index in [1.807, 2.05) is 74.5 Å². The molecular formula is C24H36F2HfN2O2. The molecule has 0 amide bonds. The van der Waals surface area contributed by atoms with Crippen molar-refractivity contribution in [1.29, 1.82) is 0 Å². The summed E-state index contributed by atoms with van der Waals surface area (Å²) < 4.78 is 9.89. The van der Waals surface area contributed by atoms with E-state index in [2.05, 4.69) is 10.6 Å². The Morgan fingerprint density at radius 1 is 0.581 bits per heavy atom. The van der Waals surface area contributed by atoms with Crippen LogP contribution in [0.2, 0.25) is 0 Å². The number of rotatable bonds is 4. The van der Waals surface area contributed by atoms with Gasteiger partial charge in [-0.15, -0.1) is 24.5 Å². The first-order chi connectivity index (χ1) is 13.9. The van der Waals surface area contributed by atoms with Gasteiger partial charge in [0.1, 0.15) is 0 Å². The molecule has 0 aromatic heterocycles. The molecule has 172 valence electrons. The Balaban J connectivity index is -0.000000337. The maximum Gasteiger partial charge on any atom is 4.00 e. The topological polar surface area (TPSA) is 46.7 Å². The molecule has 4 nitrogen and oxygen atoms in total. The largest absolute Gasteiger partial charge is 4.00 e. The summed E-state index contributed by atoms with van der Waals surface area (Å²) in [5.74, 6) is 0. The van der Waals surface area contributed by atoms with Crippen LogP contribution in [0.4, 0.5) is 11.4 Å². The van der Waals surface area contributed by atoms with Crippen molar-refractivity contribution < 1.29 is 44.7 Å². The number of nitrogens with zero attached hydrogens (tertiary/aromatic N) is 2. The van der Waals surface area contributed by atoms with Gasteiger partial charge in [-0.1, -0.05) is 74.5 Å². The number of para-hydroxylation sites is 2. The third-order valence-corrected chi connectivity index (χ3v) is 3.85. The van der Waals surface area contributed by atoms with Gasteiger partial charge in [-0.25, -0.2) is 0 Å². The Labute approximate surface area is 206 Å². The van der Waals surface area contributed by atoms with E-state index in [0.717, 1.165) is 50.9 Å². The standard InChI is InChI=1S/2C8H10N.2C4H8O.2FH.Hf/c2*1-2-9-8-6-4-3-5-7-8;2*1-2-4-5-3-1;;;/h2*3-7H,2H2,1H3;2*1-4H2;2*1H;/q2*-1;;;;;+4/p-2. The molecule has 2 aromatic rings. The van der Waals surface area contributed by atoms with E-state index in [1.54, 1.807) is 0 Å². The quantitative estimate of drug-likeness (QED) is 0.493. The summed E-state index contributed by atoms with van der Waals surface area (Å²) in [6.45, 7) is 9.80. The van der Waals surface area contributed by atoms with E-state index in [9.17, 15) is 0 Å². The van der Waals surface area contributed by atoms with Gasteiger partial charge < -0.3 is 29.5 Å². The summed E-state index contributed by atoms with van der Waals surface area (Å²) in [4.78, 5) is 0. The van der Waals surface area contributed by atoms with Gasteiger partial charge in [0.05, 0.1) is 0 Å². The summed E-state index contributed by atoms with van der Waals surface area (Å²) in [5.41, 5.74) is 2.14. The zero-order valence-electron chi connectivity index (χ0n) is 18.8. The van der Waals surface area contributed by atoms with Crippen LogP contribution in [0.3, 0.4) is 0 Å². The maximum atomic E-state index is 4.94. The molecule has 0 N–H and O–H groups in total. The van der Waals surface area contributed by atoms with Gasteiger partial charge in [-0.3, -0.25) is 0 Å². The fourth-order valence-electron chi connectivity index (χ4n) is 2.45. The predicted octanol–water partition coefficient (Wildman–Crippen LogP) is 1.02. The third-order valence-electron chi connectivity index (χ3n) is 3.85. The van der Waals surface area contributed by atoms with Gasteiger partial charge in [-0.2, -0.15) is 0 Å². The first kappa shape index (κ1) is 34.3. The Morgan fingerprint density at radius 2 is 0.871 bits per heavy atom. The first-order valence-electron chi connectivity index (χ1n) is 10.5. The van der Waals surface area contributed by atoms with E-state index < -0.39 is 0 Å². The molecule has 7 heteroatoms. The number of hydrogen-bond acceptors (Lipinski definition) is 2. The molecule has 0 radical (unpaired) electrons. The molecule has 0 spiro atoms. The smallest absolute Gasteiger partial charge is 1.00 e. The summed E-state index contributed by atoms with van der Waals surface area (Å²) >= 11 is 0. The van der Waals surface area contributed by atoms with Gasteiger partial charge in [-0.05, 0) is 25.7 Å². The van der Waals surface area contributed by atoms with Gasteiger partial charge in [0, 0.05) is 26.4 Å². The van der Waals surface area contributed by atoms with Crippen molar-refractivity contribution in [3.8, 4) is 0 Å². The van der Waals surface area contributed by atoms with E-state index >= 15 is 0 Å². The minimum absolute atomic E-state index is 0. The number of benzene rings is 2. The summed E-state index contributed by atoms with van der Waals surface area (Å²) in [6, 6.07) is 20.0. The van der Waals surface area contributed by atoms with E-state index in [4.69, 9.17) is 9.47 Å². The Hall–Kier alpha value is -1.31. The fraction of sp³-hybridized carbons (Fsp3) is 0.500. The first-order valence-corrected chi connectivity index (χ1v) is 10.5. The molecule has 2 aromatic carbocycles. The van der Waals surface area contributed by atoms with Crippen LogP contribution in [0.1, 0.15) is 39.5 Å². The minimum Gasteiger partial charge on any atom is -1.00 e. The minimum atomic E-state index is 0. The van der Waals surface area contributed by atoms with Crippen molar-refractivity contribution in [2.75, 3.05) is 39.5 Å². The summed E-state index contributed by atoms with van der Waals surface area (Å²) in [6.07, 6.45) is 5.11. The molecule has 2 aliphatic heterocycles. The van der Waals surface area contributed by atoms with Gasteiger partial charge in [0.2, 0.25) is 0 Å². The van der Waals surface area contributed by atoms with Crippen LogP contribution in [0.25, 0.3) is 10.6 Å². The molecule has 0 aliphatic carbocycles. The normalized spacial score (nSPS) is 13.0. The molecule has 4 rings (SSSR count). The van der Waals surface area contributed by atoms with Gasteiger partial charge >= 0.3 is 25.8 Å². The average molecular weight is 601 g/mol. The number of ether oxygens (including phenoxy) is 2. The van der Waals surface area contributed by atoms with Crippen molar-refractivity contribution in [3.63, 3.8) is 0 Å². The molecular weight excluding hydrogens is 565 g/mol. The maximum absolute atomic E-state index is 4.94. The van der Waals surface area contributed by atoms with Crippen molar-refractivity contribution in [2.45, 2.75) is 39.5 Å². The molecule has 0 bridgehead atoms. The SMILES string of the molecule is C1CCOC1.C1CCOC1.CC[N-]c1ccccc1.CC[N-]c1ccccc1.[F-].[F-].[Hf+4]. The molecule has 2 saturated heterocycles. The van der Waals surface area contributed by atoms with E-state index in [0.29, 0.717) is 0 Å². The predicted molar refractivity (Wildman–Crippen MR) is 120 cm³/mol. The molecule has 0 atom stereocenters. The Morgan fingerprint density at radius 3 is 1.06 bits per heavy atom. The molecule has 31 heavy (non-hydrogen) atoms. The van der Waals surface area contributed by atoms with Crippen molar-refractivity contribution in [1.82, 2.24) is 0 Å². The molecule has 0 saturated carbocycles. The average Bonchev–Trinajstić information content (AvgIpc) is 3.50. The van der Waals surface area contributed by atoms with Crippen molar-refractivity contribution in [2.24, 2.45) is 0 Å². The van der Waals surface area contributed by atoms with Gasteiger partial charge in [0.25, 0.3) is 0 Å². The van der Waals surface area contributed by atoms with E-state index in [-0.39, 0.29) is 35.3 Å². The van der Waals surface area contributed by atoms with Crippen LogP contribution >= 0.6 is 0 Å². The second kappa shape index (κ2) is 26.7. The summed E-state index contributed by atoms with van der Waals surface area (Å²) in [5, 5.41) is 8.41. The van der Waals surface area contributed by atoms with Crippen LogP contribution in [-0.2, 0) is 35.3 Å². The Bertz CT molecular complexity index is 491. The van der Waals surface area contributed by atoms with Crippen LogP contribution in [-0.4, -0.2) is 39.5 Å². The third kappa shape index (κ3) is 21.7. The zero-order chi connectivity index (χ0) is 20.1. The van der Waals surface area contributed by atoms with Crippen LogP contribution < -0.4 is 9.41 Å². The number of hydrogen-bond donors (Lipinski definition) is 0. The molecule has 2 heterocycles. The van der Waals surface area contributed by atoms with Crippen LogP contribution in [0, 0.1) is 0 Å². The van der Waals surface area contributed by atoms with Crippen molar-refractivity contribution >= 4 is 11.4 Å². The van der Waals surface area contributed by atoms with Gasteiger partial charge in [0.15, 0.2) is 0 Å². The summed E-state index contributed by atoms with van der Waals surface area (Å²) in [7, 11) is 0. The van der Waals surface area contributed by atoms with Crippen LogP contribution in [0.5, 0.6) is 0 Å². The second-order valence-corrected chi connectivity index (χ2v) is 6.26. The molecule has 2 fully saturated rings. The Kier molecular flexibility index (Phi) is 29.6. The van der Waals surface area contributed by atoms with E-state index in [1.165, 1.54) is 25.7 Å². The van der Waals surface area contributed by atoms with Crippen molar-refractivity contribution in [3.05, 3.63) is 71.3 Å². The zero-order valence-corrected chi connectivity index (χ0v) is 22.4. The molecule has 2 aliphatic rings. The fourth-order valence-corrected chi connectivity index (χ4v) is 2.45.